The van der Waals surface area contributed by atoms with Crippen molar-refractivity contribution in [3.63, 3.8) is 0 Å². The minimum Gasteiger partial charge on any atom is -0.467 e. The molecule has 23 heavy (non-hydrogen) atoms. The molecule has 0 bridgehead atoms. The van der Waals surface area contributed by atoms with Crippen LogP contribution in [0.3, 0.4) is 0 Å². The van der Waals surface area contributed by atoms with Gasteiger partial charge in [-0.05, 0) is 37.0 Å². The zero-order chi connectivity index (χ0) is 16.6. The summed E-state index contributed by atoms with van der Waals surface area (Å²) in [5.41, 5.74) is 6.40. The summed E-state index contributed by atoms with van der Waals surface area (Å²) in [5, 5.41) is 4.11. The molecule has 0 aliphatic carbocycles. The highest BCUT2D eigenvalue weighted by molar-refractivity contribution is 7.91. The van der Waals surface area contributed by atoms with Crippen LogP contribution in [0, 0.1) is 0 Å². The van der Waals surface area contributed by atoms with Crippen LogP contribution in [0.2, 0.25) is 0 Å². The lowest BCUT2D eigenvalue weighted by Gasteiger charge is -2.04. The number of fused-ring (bicyclic) bond motifs is 1. The van der Waals surface area contributed by atoms with Crippen molar-refractivity contribution in [1.82, 2.24) is 4.37 Å². The molecule has 0 radical (unpaired) electrons. The van der Waals surface area contributed by atoms with Crippen LogP contribution in [0.1, 0.15) is 17.6 Å². The predicted octanol–water partition coefficient (Wildman–Crippen LogP) is 2.86. The SMILES string of the molecule is C[C@H](N)Cc1sc2c(NCc3ccco3)snc2c1S(C)(=O)=O. The molecule has 0 spiro atoms. The fraction of sp³-hybridized carbons (Fsp3) is 0.357. The van der Waals surface area contributed by atoms with Gasteiger partial charge in [-0.3, -0.25) is 0 Å². The second-order valence-electron chi connectivity index (χ2n) is 5.43. The number of thiophene rings is 1. The van der Waals surface area contributed by atoms with Gasteiger partial charge in [-0.1, -0.05) is 0 Å². The van der Waals surface area contributed by atoms with E-state index in [0.717, 1.165) is 20.3 Å². The van der Waals surface area contributed by atoms with E-state index in [1.54, 1.807) is 6.26 Å². The van der Waals surface area contributed by atoms with Crippen molar-refractivity contribution in [3.8, 4) is 0 Å². The third kappa shape index (κ3) is 3.42. The molecule has 3 aromatic heterocycles. The van der Waals surface area contributed by atoms with Crippen LogP contribution in [0.5, 0.6) is 0 Å². The van der Waals surface area contributed by atoms with E-state index in [9.17, 15) is 8.42 Å². The number of nitrogens with two attached hydrogens (primary N) is 1. The molecule has 0 aliphatic heterocycles. The zero-order valence-electron chi connectivity index (χ0n) is 12.7. The summed E-state index contributed by atoms with van der Waals surface area (Å²) in [6.07, 6.45) is 3.35. The largest absolute Gasteiger partial charge is 0.467 e. The Morgan fingerprint density at radius 2 is 2.26 bits per heavy atom. The molecule has 0 amide bonds. The third-order valence-electron chi connectivity index (χ3n) is 3.22. The van der Waals surface area contributed by atoms with Crippen LogP contribution in [0.4, 0.5) is 5.00 Å². The molecule has 1 atom stereocenters. The number of hydrogen-bond acceptors (Lipinski definition) is 8. The Kier molecular flexibility index (Phi) is 4.45. The lowest BCUT2D eigenvalue weighted by Crippen LogP contribution is -2.18. The highest BCUT2D eigenvalue weighted by Gasteiger charge is 2.25. The van der Waals surface area contributed by atoms with Crippen LogP contribution in [0.15, 0.2) is 27.7 Å². The van der Waals surface area contributed by atoms with Crippen molar-refractivity contribution in [1.29, 1.82) is 0 Å². The average Bonchev–Trinajstić information content (AvgIpc) is 3.10. The zero-order valence-corrected chi connectivity index (χ0v) is 15.1. The van der Waals surface area contributed by atoms with Crippen molar-refractivity contribution in [2.45, 2.75) is 30.8 Å². The van der Waals surface area contributed by atoms with Crippen molar-refractivity contribution in [2.75, 3.05) is 11.6 Å². The molecule has 3 aromatic rings. The quantitative estimate of drug-likeness (QED) is 0.691. The smallest absolute Gasteiger partial charge is 0.178 e. The molecule has 0 aliphatic rings. The summed E-state index contributed by atoms with van der Waals surface area (Å²) in [7, 11) is -3.35. The molecule has 3 rings (SSSR count). The summed E-state index contributed by atoms with van der Waals surface area (Å²) in [6.45, 7) is 2.39. The maximum Gasteiger partial charge on any atom is 0.178 e. The van der Waals surface area contributed by atoms with Crippen molar-refractivity contribution < 1.29 is 12.8 Å². The number of anilines is 1. The van der Waals surface area contributed by atoms with Crippen molar-refractivity contribution in [3.05, 3.63) is 29.0 Å². The van der Waals surface area contributed by atoms with Gasteiger partial charge in [0.2, 0.25) is 0 Å². The second kappa shape index (κ2) is 6.23. The molecule has 0 unspecified atom stereocenters. The van der Waals surface area contributed by atoms with Gasteiger partial charge in [-0.25, -0.2) is 8.42 Å². The fourth-order valence-corrected chi connectivity index (χ4v) is 6.19. The predicted molar refractivity (Wildman–Crippen MR) is 94.0 cm³/mol. The highest BCUT2D eigenvalue weighted by Crippen LogP contribution is 2.41. The number of nitrogens with zero attached hydrogens (tertiary/aromatic N) is 1. The molecule has 0 saturated carbocycles. The van der Waals surface area contributed by atoms with Gasteiger partial charge in [0.25, 0.3) is 0 Å². The topological polar surface area (TPSA) is 98.2 Å². The summed E-state index contributed by atoms with van der Waals surface area (Å²) < 4.78 is 34.8. The maximum absolute atomic E-state index is 12.2. The van der Waals surface area contributed by atoms with Gasteiger partial charge in [0.1, 0.15) is 21.2 Å². The summed E-state index contributed by atoms with van der Waals surface area (Å²) in [5.74, 6) is 0.808. The molecule has 9 heteroatoms. The molecular formula is C14H17N3O3S3. The van der Waals surface area contributed by atoms with Crippen LogP contribution < -0.4 is 11.1 Å². The molecule has 3 N–H and O–H groups in total. The van der Waals surface area contributed by atoms with Gasteiger partial charge in [-0.15, -0.1) is 11.3 Å². The standard InChI is InChI=1S/C14H17N3O3S3/c1-8(15)6-10-13(23(2,18)19)11-12(21-10)14(22-17-11)16-7-9-4-3-5-20-9/h3-5,8,16H,6-7,15H2,1-2H3/t8-/m0/s1. The van der Waals surface area contributed by atoms with Crippen LogP contribution >= 0.6 is 22.9 Å². The van der Waals surface area contributed by atoms with Crippen molar-refractivity contribution in [2.24, 2.45) is 5.73 Å². The lowest BCUT2D eigenvalue weighted by atomic mass is 10.2. The van der Waals surface area contributed by atoms with E-state index >= 15 is 0 Å². The average molecular weight is 372 g/mol. The number of nitrogens with one attached hydrogen (secondary N) is 1. The molecule has 6 nitrogen and oxygen atoms in total. The molecule has 0 fully saturated rings. The van der Waals surface area contributed by atoms with Crippen LogP contribution in [-0.2, 0) is 22.8 Å². The Balaban J connectivity index is 2.00. The van der Waals surface area contributed by atoms with E-state index in [1.165, 1.54) is 29.1 Å². The Hall–Kier alpha value is -1.42. The highest BCUT2D eigenvalue weighted by atomic mass is 32.2. The molecule has 124 valence electrons. The molecule has 0 aromatic carbocycles. The number of furan rings is 1. The molecular weight excluding hydrogens is 354 g/mol. The van der Waals surface area contributed by atoms with E-state index < -0.39 is 9.84 Å². The Morgan fingerprint density at radius 3 is 2.87 bits per heavy atom. The first-order valence-corrected chi connectivity index (χ1v) is 10.5. The summed E-state index contributed by atoms with van der Waals surface area (Å²) in [6, 6.07) is 3.59. The fourth-order valence-electron chi connectivity index (χ4n) is 2.32. The maximum atomic E-state index is 12.2. The normalized spacial score (nSPS) is 13.5. The van der Waals surface area contributed by atoms with E-state index in [-0.39, 0.29) is 6.04 Å². The Morgan fingerprint density at radius 1 is 1.48 bits per heavy atom. The van der Waals surface area contributed by atoms with E-state index in [0.29, 0.717) is 23.4 Å². The Labute approximate surface area is 142 Å². The van der Waals surface area contributed by atoms with Crippen LogP contribution in [-0.4, -0.2) is 25.1 Å². The molecule has 3 heterocycles. The van der Waals surface area contributed by atoms with Gasteiger partial charge in [0.15, 0.2) is 9.84 Å². The first kappa shape index (κ1) is 16.4. The Bertz CT molecular complexity index is 908. The van der Waals surface area contributed by atoms with Crippen LogP contribution in [0.25, 0.3) is 10.2 Å². The monoisotopic (exact) mass is 371 g/mol. The summed E-state index contributed by atoms with van der Waals surface area (Å²) in [4.78, 5) is 1.09. The summed E-state index contributed by atoms with van der Waals surface area (Å²) >= 11 is 2.71. The van der Waals surface area contributed by atoms with Gasteiger partial charge in [0.05, 0.1) is 17.5 Å². The number of sulfone groups is 1. The minimum absolute atomic E-state index is 0.110. The first-order chi connectivity index (χ1) is 10.9. The van der Waals surface area contributed by atoms with Gasteiger partial charge in [0, 0.05) is 17.2 Å². The number of rotatable bonds is 6. The van der Waals surface area contributed by atoms with E-state index in [2.05, 4.69) is 9.69 Å². The van der Waals surface area contributed by atoms with Crippen molar-refractivity contribution >= 4 is 47.9 Å². The van der Waals surface area contributed by atoms with E-state index in [1.807, 2.05) is 19.1 Å². The van der Waals surface area contributed by atoms with Gasteiger partial charge >= 0.3 is 0 Å². The van der Waals surface area contributed by atoms with Gasteiger partial charge in [-0.2, -0.15) is 4.37 Å². The molecule has 0 saturated heterocycles. The minimum atomic E-state index is -3.35. The van der Waals surface area contributed by atoms with Gasteiger partial charge < -0.3 is 15.5 Å². The number of aromatic nitrogens is 1. The number of hydrogen-bond donors (Lipinski definition) is 2. The second-order valence-corrected chi connectivity index (χ2v) is 9.26. The van der Waals surface area contributed by atoms with E-state index in [4.69, 9.17) is 10.2 Å². The lowest BCUT2D eigenvalue weighted by molar-refractivity contribution is 0.518. The third-order valence-corrected chi connectivity index (χ3v) is 6.69. The first-order valence-electron chi connectivity index (χ1n) is 6.99.